The van der Waals surface area contributed by atoms with E-state index in [-0.39, 0.29) is 11.6 Å². The Morgan fingerprint density at radius 1 is 1.61 bits per heavy atom. The zero-order valence-corrected chi connectivity index (χ0v) is 11.3. The number of fused-ring (bicyclic) bond motifs is 1. The monoisotopic (exact) mass is 272 g/mol. The third-order valence-corrected chi connectivity index (χ3v) is 3.02. The summed E-state index contributed by atoms with van der Waals surface area (Å²) in [6.07, 6.45) is 0.889. The molecule has 1 aromatic rings. The SMILES string of the molecule is CN(C)CCCNC(=O)c1nn2c(c1Cl)OCC2. The van der Waals surface area contributed by atoms with E-state index in [1.807, 2.05) is 14.1 Å². The standard InChI is InChI=1S/C11H17ClN4O2/c1-15(2)5-3-4-13-10(17)9-8(12)11-16(14-9)6-7-18-11/h3-7H2,1-2H3,(H,13,17). The van der Waals surface area contributed by atoms with E-state index in [1.165, 1.54) is 0 Å². The number of rotatable bonds is 5. The fourth-order valence-electron chi connectivity index (χ4n) is 1.77. The Labute approximate surface area is 111 Å². The van der Waals surface area contributed by atoms with Crippen LogP contribution in [0, 0.1) is 0 Å². The van der Waals surface area contributed by atoms with Crippen molar-refractivity contribution in [1.82, 2.24) is 20.0 Å². The van der Waals surface area contributed by atoms with E-state index in [9.17, 15) is 4.79 Å². The van der Waals surface area contributed by atoms with Crippen molar-refractivity contribution in [3.63, 3.8) is 0 Å². The molecule has 2 rings (SSSR count). The molecular weight excluding hydrogens is 256 g/mol. The first-order valence-electron chi connectivity index (χ1n) is 5.91. The van der Waals surface area contributed by atoms with Gasteiger partial charge in [0.25, 0.3) is 5.91 Å². The Balaban J connectivity index is 1.90. The normalized spacial score (nSPS) is 13.6. The molecule has 0 atom stereocenters. The molecule has 0 saturated carbocycles. The molecule has 0 bridgehead atoms. The van der Waals surface area contributed by atoms with Crippen LogP contribution in [-0.2, 0) is 6.54 Å². The highest BCUT2D eigenvalue weighted by Gasteiger charge is 2.25. The van der Waals surface area contributed by atoms with Crippen LogP contribution in [0.15, 0.2) is 0 Å². The van der Waals surface area contributed by atoms with Crippen molar-refractivity contribution in [2.45, 2.75) is 13.0 Å². The van der Waals surface area contributed by atoms with Crippen LogP contribution in [0.5, 0.6) is 5.88 Å². The Morgan fingerprint density at radius 3 is 3.06 bits per heavy atom. The summed E-state index contributed by atoms with van der Waals surface area (Å²) >= 11 is 6.05. The van der Waals surface area contributed by atoms with E-state index in [0.29, 0.717) is 30.6 Å². The van der Waals surface area contributed by atoms with Gasteiger partial charge in [0, 0.05) is 6.54 Å². The molecule has 0 radical (unpaired) electrons. The molecule has 0 aliphatic carbocycles. The lowest BCUT2D eigenvalue weighted by atomic mass is 10.3. The van der Waals surface area contributed by atoms with Gasteiger partial charge in [-0.15, -0.1) is 0 Å². The summed E-state index contributed by atoms with van der Waals surface area (Å²) in [5.74, 6) is 0.249. The summed E-state index contributed by atoms with van der Waals surface area (Å²) in [6, 6.07) is 0. The average molecular weight is 273 g/mol. The summed E-state index contributed by atoms with van der Waals surface area (Å²) in [4.78, 5) is 13.9. The molecular formula is C11H17ClN4O2. The predicted octanol–water partition coefficient (Wildman–Crippen LogP) is 0.610. The molecule has 1 aliphatic rings. The number of aromatic nitrogens is 2. The highest BCUT2D eigenvalue weighted by atomic mass is 35.5. The zero-order valence-electron chi connectivity index (χ0n) is 10.6. The molecule has 1 aliphatic heterocycles. The summed E-state index contributed by atoms with van der Waals surface area (Å²) < 4.78 is 6.92. The van der Waals surface area contributed by atoms with Gasteiger partial charge in [0.2, 0.25) is 5.88 Å². The fraction of sp³-hybridized carbons (Fsp3) is 0.636. The van der Waals surface area contributed by atoms with Crippen molar-refractivity contribution in [3.8, 4) is 5.88 Å². The number of ether oxygens (including phenoxy) is 1. The molecule has 0 unspecified atom stereocenters. The van der Waals surface area contributed by atoms with Gasteiger partial charge >= 0.3 is 0 Å². The van der Waals surface area contributed by atoms with Crippen molar-refractivity contribution in [3.05, 3.63) is 10.7 Å². The summed E-state index contributed by atoms with van der Waals surface area (Å²) in [7, 11) is 3.99. The first-order valence-corrected chi connectivity index (χ1v) is 6.29. The second-order valence-electron chi connectivity index (χ2n) is 4.45. The molecule has 1 N–H and O–H groups in total. The molecule has 0 aromatic carbocycles. The van der Waals surface area contributed by atoms with Gasteiger partial charge in [0.15, 0.2) is 5.69 Å². The molecule has 2 heterocycles. The topological polar surface area (TPSA) is 59.4 Å². The average Bonchev–Trinajstić information content (AvgIpc) is 2.88. The van der Waals surface area contributed by atoms with Gasteiger partial charge in [0.1, 0.15) is 11.6 Å². The first kappa shape index (κ1) is 13.2. The molecule has 0 fully saturated rings. The number of hydrogen-bond acceptors (Lipinski definition) is 4. The van der Waals surface area contributed by atoms with Crippen molar-refractivity contribution in [1.29, 1.82) is 0 Å². The van der Waals surface area contributed by atoms with Crippen LogP contribution in [0.1, 0.15) is 16.9 Å². The largest absolute Gasteiger partial charge is 0.475 e. The third-order valence-electron chi connectivity index (χ3n) is 2.68. The van der Waals surface area contributed by atoms with Crippen LogP contribution in [0.4, 0.5) is 0 Å². The van der Waals surface area contributed by atoms with Crippen LogP contribution in [-0.4, -0.2) is 54.4 Å². The second kappa shape index (κ2) is 5.58. The number of nitrogens with one attached hydrogen (secondary N) is 1. The van der Waals surface area contributed by atoms with Crippen molar-refractivity contribution < 1.29 is 9.53 Å². The molecule has 6 nitrogen and oxygen atoms in total. The summed E-state index contributed by atoms with van der Waals surface area (Å²) in [5.41, 5.74) is 0.246. The lowest BCUT2D eigenvalue weighted by molar-refractivity contribution is 0.0946. The Hall–Kier alpha value is -1.27. The quantitative estimate of drug-likeness (QED) is 0.798. The summed E-state index contributed by atoms with van der Waals surface area (Å²) in [5, 5.41) is 7.25. The van der Waals surface area contributed by atoms with E-state index >= 15 is 0 Å². The molecule has 18 heavy (non-hydrogen) atoms. The van der Waals surface area contributed by atoms with E-state index in [0.717, 1.165) is 13.0 Å². The molecule has 1 aromatic heterocycles. The van der Waals surface area contributed by atoms with Gasteiger partial charge < -0.3 is 15.0 Å². The fourth-order valence-corrected chi connectivity index (χ4v) is 2.04. The molecule has 7 heteroatoms. The van der Waals surface area contributed by atoms with Crippen molar-refractivity contribution >= 4 is 17.5 Å². The van der Waals surface area contributed by atoms with E-state index in [4.69, 9.17) is 16.3 Å². The van der Waals surface area contributed by atoms with Crippen molar-refractivity contribution in [2.24, 2.45) is 0 Å². The maximum absolute atomic E-state index is 11.9. The second-order valence-corrected chi connectivity index (χ2v) is 4.83. The van der Waals surface area contributed by atoms with Crippen LogP contribution >= 0.6 is 11.6 Å². The highest BCUT2D eigenvalue weighted by Crippen LogP contribution is 2.30. The number of carbonyl (C=O) groups excluding carboxylic acids is 1. The Morgan fingerprint density at radius 2 is 2.39 bits per heavy atom. The smallest absolute Gasteiger partial charge is 0.273 e. The Bertz CT molecular complexity index is 444. The first-order chi connectivity index (χ1) is 8.59. The lowest BCUT2D eigenvalue weighted by Gasteiger charge is -2.09. The molecule has 0 saturated heterocycles. The van der Waals surface area contributed by atoms with Gasteiger partial charge in [-0.1, -0.05) is 11.6 Å². The minimum atomic E-state index is -0.246. The van der Waals surface area contributed by atoms with Gasteiger partial charge in [-0.3, -0.25) is 4.79 Å². The van der Waals surface area contributed by atoms with Gasteiger partial charge in [-0.05, 0) is 27.1 Å². The molecule has 0 spiro atoms. The van der Waals surface area contributed by atoms with E-state index < -0.39 is 0 Å². The number of carbonyl (C=O) groups is 1. The van der Waals surface area contributed by atoms with Gasteiger partial charge in [-0.25, -0.2) is 4.68 Å². The maximum Gasteiger partial charge on any atom is 0.273 e. The minimum Gasteiger partial charge on any atom is -0.475 e. The van der Waals surface area contributed by atoms with Crippen LogP contribution in [0.2, 0.25) is 5.02 Å². The number of amides is 1. The third kappa shape index (κ3) is 2.76. The molecule has 100 valence electrons. The number of nitrogens with zero attached hydrogens (tertiary/aromatic N) is 3. The van der Waals surface area contributed by atoms with Crippen LogP contribution in [0.3, 0.4) is 0 Å². The zero-order chi connectivity index (χ0) is 13.1. The number of hydrogen-bond donors (Lipinski definition) is 1. The van der Waals surface area contributed by atoms with Crippen LogP contribution in [0.25, 0.3) is 0 Å². The molecule has 1 amide bonds. The number of halogens is 1. The Kier molecular flexibility index (Phi) is 4.08. The van der Waals surface area contributed by atoms with Gasteiger partial charge in [0.05, 0.1) is 6.54 Å². The minimum absolute atomic E-state index is 0.246. The van der Waals surface area contributed by atoms with E-state index in [2.05, 4.69) is 15.3 Å². The maximum atomic E-state index is 11.9. The van der Waals surface area contributed by atoms with Crippen LogP contribution < -0.4 is 10.1 Å². The van der Waals surface area contributed by atoms with E-state index in [1.54, 1.807) is 4.68 Å². The highest BCUT2D eigenvalue weighted by molar-refractivity contribution is 6.34. The van der Waals surface area contributed by atoms with Crippen molar-refractivity contribution in [2.75, 3.05) is 33.8 Å². The van der Waals surface area contributed by atoms with Gasteiger partial charge in [-0.2, -0.15) is 5.10 Å². The lowest BCUT2D eigenvalue weighted by Crippen LogP contribution is -2.27. The predicted molar refractivity (Wildman–Crippen MR) is 68.2 cm³/mol. The summed E-state index contributed by atoms with van der Waals surface area (Å²) in [6.45, 7) is 2.74.